The summed E-state index contributed by atoms with van der Waals surface area (Å²) in [5.41, 5.74) is 1.14. The average molecular weight is 313 g/mol. The van der Waals surface area contributed by atoms with E-state index in [1.165, 1.54) is 4.57 Å². The molecule has 1 aromatic carbocycles. The highest BCUT2D eigenvalue weighted by molar-refractivity contribution is 5.99. The summed E-state index contributed by atoms with van der Waals surface area (Å²) in [6.07, 6.45) is 1.89. The standard InChI is InChI=1S/C18H19NO4/c1-18(2,3)23-17(21)19-7-6-11-13(19)5-4-12-15-10(8-14(15)20)9-22-16(11)12/h4-7,10,15H,8-9H2,1-3H3/t10-,15-/m0/s1. The lowest BCUT2D eigenvalue weighted by atomic mass is 9.67. The van der Waals surface area contributed by atoms with E-state index in [0.717, 1.165) is 22.2 Å². The zero-order chi connectivity index (χ0) is 16.4. The molecule has 5 heteroatoms. The molecule has 4 rings (SSSR count). The number of fused-ring (bicyclic) bond motifs is 5. The Labute approximate surface area is 134 Å². The van der Waals surface area contributed by atoms with Gasteiger partial charge < -0.3 is 9.47 Å². The molecule has 1 saturated carbocycles. The molecule has 0 unspecified atom stereocenters. The molecule has 1 aromatic heterocycles. The first-order valence-electron chi connectivity index (χ1n) is 7.88. The van der Waals surface area contributed by atoms with Crippen LogP contribution in [-0.2, 0) is 9.53 Å². The van der Waals surface area contributed by atoms with E-state index in [-0.39, 0.29) is 11.7 Å². The van der Waals surface area contributed by atoms with Gasteiger partial charge in [0.25, 0.3) is 0 Å². The number of Topliss-reactive ketones (excluding diaryl/α,β-unsaturated/α-hetero) is 1. The van der Waals surface area contributed by atoms with Gasteiger partial charge in [0.05, 0.1) is 18.0 Å². The van der Waals surface area contributed by atoms with Gasteiger partial charge in [-0.05, 0) is 32.9 Å². The van der Waals surface area contributed by atoms with Crippen molar-refractivity contribution in [2.24, 2.45) is 5.92 Å². The van der Waals surface area contributed by atoms with Gasteiger partial charge in [0.1, 0.15) is 17.1 Å². The van der Waals surface area contributed by atoms with Crippen molar-refractivity contribution in [1.29, 1.82) is 0 Å². The van der Waals surface area contributed by atoms with E-state index >= 15 is 0 Å². The van der Waals surface area contributed by atoms with Gasteiger partial charge in [-0.3, -0.25) is 9.36 Å². The molecule has 1 fully saturated rings. The van der Waals surface area contributed by atoms with Crippen molar-refractivity contribution in [3.8, 4) is 5.75 Å². The minimum Gasteiger partial charge on any atom is -0.492 e. The maximum atomic E-state index is 12.3. The van der Waals surface area contributed by atoms with Crippen molar-refractivity contribution in [3.63, 3.8) is 0 Å². The summed E-state index contributed by atoms with van der Waals surface area (Å²) in [5.74, 6) is 1.29. The first-order chi connectivity index (χ1) is 10.8. The second kappa shape index (κ2) is 4.60. The molecule has 2 aromatic rings. The normalized spacial score (nSPS) is 22.8. The van der Waals surface area contributed by atoms with Gasteiger partial charge in [-0.1, -0.05) is 6.07 Å². The van der Waals surface area contributed by atoms with E-state index in [2.05, 4.69) is 0 Å². The Kier molecular flexibility index (Phi) is 2.86. The van der Waals surface area contributed by atoms with Crippen molar-refractivity contribution in [2.45, 2.75) is 38.7 Å². The molecule has 0 N–H and O–H groups in total. The highest BCUT2D eigenvalue weighted by atomic mass is 16.6. The molecule has 0 bridgehead atoms. The number of nitrogens with zero attached hydrogens (tertiary/aromatic N) is 1. The fraction of sp³-hybridized carbons (Fsp3) is 0.444. The highest BCUT2D eigenvalue weighted by Gasteiger charge is 2.45. The summed E-state index contributed by atoms with van der Waals surface area (Å²) in [6, 6.07) is 5.63. The number of hydrogen-bond acceptors (Lipinski definition) is 4. The van der Waals surface area contributed by atoms with Crippen molar-refractivity contribution in [2.75, 3.05) is 6.61 Å². The molecule has 1 aliphatic heterocycles. The summed E-state index contributed by atoms with van der Waals surface area (Å²) < 4.78 is 12.8. The predicted octanol–water partition coefficient (Wildman–Crippen LogP) is 3.49. The van der Waals surface area contributed by atoms with Crippen LogP contribution in [0.25, 0.3) is 10.9 Å². The lowest BCUT2D eigenvalue weighted by Crippen LogP contribution is -2.41. The Morgan fingerprint density at radius 1 is 1.30 bits per heavy atom. The number of ketones is 1. The second-order valence-electron chi connectivity index (χ2n) is 7.30. The van der Waals surface area contributed by atoms with Crippen LogP contribution in [0.5, 0.6) is 5.75 Å². The monoisotopic (exact) mass is 313 g/mol. The Morgan fingerprint density at radius 2 is 2.09 bits per heavy atom. The van der Waals surface area contributed by atoms with Crippen LogP contribution < -0.4 is 4.74 Å². The molecule has 2 heterocycles. The van der Waals surface area contributed by atoms with Gasteiger partial charge in [0, 0.05) is 29.5 Å². The average Bonchev–Trinajstić information content (AvgIpc) is 2.87. The van der Waals surface area contributed by atoms with Crippen molar-refractivity contribution >= 4 is 22.8 Å². The number of carbonyl (C=O) groups is 2. The van der Waals surface area contributed by atoms with Crippen LogP contribution in [0.1, 0.15) is 38.7 Å². The zero-order valence-electron chi connectivity index (χ0n) is 13.5. The van der Waals surface area contributed by atoms with Crippen LogP contribution in [0.15, 0.2) is 24.4 Å². The first kappa shape index (κ1) is 14.3. The zero-order valence-corrected chi connectivity index (χ0v) is 13.5. The smallest absolute Gasteiger partial charge is 0.418 e. The van der Waals surface area contributed by atoms with Gasteiger partial charge >= 0.3 is 6.09 Å². The highest BCUT2D eigenvalue weighted by Crippen LogP contribution is 2.49. The lowest BCUT2D eigenvalue weighted by molar-refractivity contribution is -0.131. The largest absolute Gasteiger partial charge is 0.492 e. The van der Waals surface area contributed by atoms with Crippen LogP contribution in [0, 0.1) is 5.92 Å². The molecule has 120 valence electrons. The van der Waals surface area contributed by atoms with E-state index in [1.54, 1.807) is 6.20 Å². The molecular formula is C18H19NO4. The topological polar surface area (TPSA) is 57.5 Å². The number of benzene rings is 1. The maximum Gasteiger partial charge on any atom is 0.418 e. The quantitative estimate of drug-likeness (QED) is 0.747. The number of aromatic nitrogens is 1. The van der Waals surface area contributed by atoms with Gasteiger partial charge in [-0.15, -0.1) is 0 Å². The van der Waals surface area contributed by atoms with Gasteiger partial charge in [-0.25, -0.2) is 4.79 Å². The third-order valence-corrected chi connectivity index (χ3v) is 4.50. The molecule has 5 nitrogen and oxygen atoms in total. The minimum atomic E-state index is -0.552. The van der Waals surface area contributed by atoms with Crippen LogP contribution >= 0.6 is 0 Å². The molecule has 1 aliphatic carbocycles. The lowest BCUT2D eigenvalue weighted by Gasteiger charge is -2.40. The van der Waals surface area contributed by atoms with E-state index in [1.807, 2.05) is 39.0 Å². The van der Waals surface area contributed by atoms with E-state index in [9.17, 15) is 9.59 Å². The molecule has 23 heavy (non-hydrogen) atoms. The third kappa shape index (κ3) is 2.14. The second-order valence-corrected chi connectivity index (χ2v) is 7.30. The Bertz CT molecular complexity index is 827. The van der Waals surface area contributed by atoms with Crippen molar-refractivity contribution in [1.82, 2.24) is 4.57 Å². The minimum absolute atomic E-state index is 0.0342. The van der Waals surface area contributed by atoms with E-state index in [0.29, 0.717) is 18.9 Å². The molecule has 0 radical (unpaired) electrons. The molecule has 0 amide bonds. The summed E-state index contributed by atoms with van der Waals surface area (Å²) in [7, 11) is 0. The first-order valence-corrected chi connectivity index (χ1v) is 7.88. The Hall–Kier alpha value is -2.30. The Morgan fingerprint density at radius 3 is 2.78 bits per heavy atom. The molecule has 0 spiro atoms. The molecular weight excluding hydrogens is 294 g/mol. The van der Waals surface area contributed by atoms with E-state index < -0.39 is 11.7 Å². The van der Waals surface area contributed by atoms with Gasteiger partial charge in [0.2, 0.25) is 0 Å². The SMILES string of the molecule is CC(C)(C)OC(=O)n1ccc2c3c(ccc21)[C@H]1C(=O)C[C@H]1CO3. The number of hydrogen-bond donors (Lipinski definition) is 0. The van der Waals surface area contributed by atoms with Crippen molar-refractivity contribution in [3.05, 3.63) is 30.0 Å². The van der Waals surface area contributed by atoms with Crippen LogP contribution in [0.2, 0.25) is 0 Å². The molecule has 2 atom stereocenters. The predicted molar refractivity (Wildman–Crippen MR) is 84.9 cm³/mol. The third-order valence-electron chi connectivity index (χ3n) is 4.50. The summed E-state index contributed by atoms with van der Waals surface area (Å²) >= 11 is 0. The number of ether oxygens (including phenoxy) is 2. The Balaban J connectivity index is 1.78. The van der Waals surface area contributed by atoms with Crippen molar-refractivity contribution < 1.29 is 19.1 Å². The fourth-order valence-electron chi connectivity index (χ4n) is 3.46. The van der Waals surface area contributed by atoms with E-state index in [4.69, 9.17) is 9.47 Å². The van der Waals surface area contributed by atoms with Crippen LogP contribution in [-0.4, -0.2) is 28.7 Å². The summed E-state index contributed by atoms with van der Waals surface area (Å²) in [4.78, 5) is 24.2. The molecule has 0 saturated heterocycles. The van der Waals surface area contributed by atoms with Crippen LogP contribution in [0.3, 0.4) is 0 Å². The summed E-state index contributed by atoms with van der Waals surface area (Å²) in [5, 5.41) is 0.853. The summed E-state index contributed by atoms with van der Waals surface area (Å²) in [6.45, 7) is 6.08. The number of carbonyl (C=O) groups excluding carboxylic acids is 2. The van der Waals surface area contributed by atoms with Gasteiger partial charge in [0.15, 0.2) is 0 Å². The van der Waals surface area contributed by atoms with Gasteiger partial charge in [-0.2, -0.15) is 0 Å². The van der Waals surface area contributed by atoms with Crippen LogP contribution in [0.4, 0.5) is 4.79 Å². The maximum absolute atomic E-state index is 12.3. The fourth-order valence-corrected chi connectivity index (χ4v) is 3.46. The number of rotatable bonds is 0. The molecule has 2 aliphatic rings.